The van der Waals surface area contributed by atoms with Gasteiger partial charge in [-0.15, -0.1) is 0 Å². The molecule has 0 saturated carbocycles. The predicted molar refractivity (Wildman–Crippen MR) is 124 cm³/mol. The number of carbonyl (C=O) groups excluding carboxylic acids is 1. The summed E-state index contributed by atoms with van der Waals surface area (Å²) in [6, 6.07) is 9.54. The smallest absolute Gasteiger partial charge is 0.251 e. The fourth-order valence-electron chi connectivity index (χ4n) is 3.71. The van der Waals surface area contributed by atoms with E-state index in [0.29, 0.717) is 22.4 Å². The molecule has 7 nitrogen and oxygen atoms in total. The molecule has 1 aromatic heterocycles. The Morgan fingerprint density at radius 2 is 1.84 bits per heavy atom. The zero-order chi connectivity index (χ0) is 21.5. The quantitative estimate of drug-likeness (QED) is 0.368. The first-order chi connectivity index (χ1) is 15.2. The highest BCUT2D eigenvalue weighted by molar-refractivity contribution is 7.98. The number of hydrogen-bond acceptors (Lipinski definition) is 7. The van der Waals surface area contributed by atoms with Crippen molar-refractivity contribution in [2.75, 3.05) is 57.4 Å². The standard InChI is InChI=1S/C22H28ClN5O2S/c23-19-15-20(28-8-1-2-9-28)26-22(25-19)31-16-17-3-5-18(6-4-17)21(29)24-7-10-27-11-13-30-14-12-27/h3-6,15H,1-2,7-14,16H2,(H,24,29). The van der Waals surface area contributed by atoms with E-state index < -0.39 is 0 Å². The lowest BCUT2D eigenvalue weighted by atomic mass is 10.1. The van der Waals surface area contributed by atoms with Crippen LogP contribution in [0, 0.1) is 0 Å². The number of benzene rings is 1. The summed E-state index contributed by atoms with van der Waals surface area (Å²) < 4.78 is 5.34. The van der Waals surface area contributed by atoms with Crippen LogP contribution in [0.2, 0.25) is 5.15 Å². The molecule has 2 fully saturated rings. The fraction of sp³-hybridized carbons (Fsp3) is 0.500. The van der Waals surface area contributed by atoms with Gasteiger partial charge in [0, 0.05) is 56.7 Å². The second-order valence-corrected chi connectivity index (χ2v) is 9.05. The molecule has 1 aromatic carbocycles. The lowest BCUT2D eigenvalue weighted by Gasteiger charge is -2.26. The van der Waals surface area contributed by atoms with Crippen molar-refractivity contribution in [2.45, 2.75) is 23.8 Å². The number of aromatic nitrogens is 2. The minimum atomic E-state index is -0.0408. The van der Waals surface area contributed by atoms with Gasteiger partial charge in [-0.1, -0.05) is 35.5 Å². The molecule has 0 radical (unpaired) electrons. The number of nitrogens with zero attached hydrogens (tertiary/aromatic N) is 4. The largest absolute Gasteiger partial charge is 0.379 e. The number of ether oxygens (including phenoxy) is 1. The van der Waals surface area contributed by atoms with E-state index in [9.17, 15) is 4.79 Å². The highest BCUT2D eigenvalue weighted by Gasteiger charge is 2.16. The average molecular weight is 462 g/mol. The number of rotatable bonds is 8. The molecule has 0 aliphatic carbocycles. The summed E-state index contributed by atoms with van der Waals surface area (Å²) in [6.45, 7) is 6.93. The molecule has 1 N–H and O–H groups in total. The van der Waals surface area contributed by atoms with Crippen LogP contribution >= 0.6 is 23.4 Å². The molecule has 2 saturated heterocycles. The van der Waals surface area contributed by atoms with E-state index >= 15 is 0 Å². The molecule has 0 spiro atoms. The number of morpholine rings is 1. The van der Waals surface area contributed by atoms with Crippen molar-refractivity contribution in [1.29, 1.82) is 0 Å². The molecular weight excluding hydrogens is 434 g/mol. The van der Waals surface area contributed by atoms with Crippen molar-refractivity contribution in [3.63, 3.8) is 0 Å². The number of anilines is 1. The summed E-state index contributed by atoms with van der Waals surface area (Å²) in [7, 11) is 0. The average Bonchev–Trinajstić information content (AvgIpc) is 3.33. The van der Waals surface area contributed by atoms with E-state index in [1.54, 1.807) is 11.8 Å². The highest BCUT2D eigenvalue weighted by atomic mass is 35.5. The van der Waals surface area contributed by atoms with Crippen LogP contribution in [-0.2, 0) is 10.5 Å². The van der Waals surface area contributed by atoms with Crippen LogP contribution in [0.4, 0.5) is 5.82 Å². The maximum Gasteiger partial charge on any atom is 0.251 e. The molecule has 9 heteroatoms. The summed E-state index contributed by atoms with van der Waals surface area (Å²) in [5, 5.41) is 4.15. The molecule has 2 aliphatic heterocycles. The van der Waals surface area contributed by atoms with E-state index in [1.165, 1.54) is 12.8 Å². The molecular formula is C22H28ClN5O2S. The van der Waals surface area contributed by atoms with Crippen LogP contribution in [0.1, 0.15) is 28.8 Å². The first kappa shape index (κ1) is 22.3. The summed E-state index contributed by atoms with van der Waals surface area (Å²) in [5.41, 5.74) is 1.78. The van der Waals surface area contributed by atoms with Gasteiger partial charge < -0.3 is 15.0 Å². The normalized spacial score (nSPS) is 17.1. The third-order valence-electron chi connectivity index (χ3n) is 5.49. The Kier molecular flexibility index (Phi) is 8.02. The Hall–Kier alpha value is -1.87. The van der Waals surface area contributed by atoms with Gasteiger partial charge in [0.1, 0.15) is 11.0 Å². The van der Waals surface area contributed by atoms with E-state index in [-0.39, 0.29) is 5.91 Å². The van der Waals surface area contributed by atoms with E-state index in [4.69, 9.17) is 16.3 Å². The third-order valence-corrected chi connectivity index (χ3v) is 6.60. The molecule has 1 amide bonds. The number of carbonyl (C=O) groups is 1. The van der Waals surface area contributed by atoms with Crippen molar-refractivity contribution in [3.8, 4) is 0 Å². The first-order valence-corrected chi connectivity index (χ1v) is 12.1. The van der Waals surface area contributed by atoms with Crippen molar-refractivity contribution in [2.24, 2.45) is 0 Å². The van der Waals surface area contributed by atoms with Gasteiger partial charge in [-0.2, -0.15) is 0 Å². The Labute approximate surface area is 192 Å². The molecule has 2 aliphatic rings. The summed E-state index contributed by atoms with van der Waals surface area (Å²) in [4.78, 5) is 26.0. The third kappa shape index (κ3) is 6.55. The van der Waals surface area contributed by atoms with Gasteiger partial charge in [-0.05, 0) is 30.5 Å². The van der Waals surface area contributed by atoms with Crippen LogP contribution in [-0.4, -0.2) is 73.3 Å². The predicted octanol–water partition coefficient (Wildman–Crippen LogP) is 3.08. The SMILES string of the molecule is O=C(NCCN1CCOCC1)c1ccc(CSc2nc(Cl)cc(N3CCCC3)n2)cc1. The Morgan fingerprint density at radius 1 is 1.10 bits per heavy atom. The highest BCUT2D eigenvalue weighted by Crippen LogP contribution is 2.26. The monoisotopic (exact) mass is 461 g/mol. The molecule has 31 heavy (non-hydrogen) atoms. The molecule has 166 valence electrons. The summed E-state index contributed by atoms with van der Waals surface area (Å²) in [6.07, 6.45) is 2.38. The Morgan fingerprint density at radius 3 is 2.58 bits per heavy atom. The number of nitrogens with one attached hydrogen (secondary N) is 1. The van der Waals surface area contributed by atoms with Gasteiger partial charge in [-0.3, -0.25) is 9.69 Å². The molecule has 0 bridgehead atoms. The summed E-state index contributed by atoms with van der Waals surface area (Å²) >= 11 is 7.77. The second kappa shape index (κ2) is 11.1. The minimum absolute atomic E-state index is 0.0408. The zero-order valence-electron chi connectivity index (χ0n) is 17.6. The number of hydrogen-bond donors (Lipinski definition) is 1. The molecule has 4 rings (SSSR count). The van der Waals surface area contributed by atoms with Gasteiger partial charge in [-0.25, -0.2) is 9.97 Å². The fourth-order valence-corrected chi connectivity index (χ4v) is 4.75. The summed E-state index contributed by atoms with van der Waals surface area (Å²) in [5.74, 6) is 1.59. The van der Waals surface area contributed by atoms with Crippen LogP contribution in [0.5, 0.6) is 0 Å². The maximum absolute atomic E-state index is 12.4. The van der Waals surface area contributed by atoms with Crippen molar-refractivity contribution < 1.29 is 9.53 Å². The lowest BCUT2D eigenvalue weighted by Crippen LogP contribution is -2.41. The van der Waals surface area contributed by atoms with Gasteiger partial charge in [0.15, 0.2) is 5.16 Å². The second-order valence-electron chi connectivity index (χ2n) is 7.72. The van der Waals surface area contributed by atoms with Crippen LogP contribution in [0.25, 0.3) is 0 Å². The maximum atomic E-state index is 12.4. The Bertz CT molecular complexity index is 871. The van der Waals surface area contributed by atoms with Gasteiger partial charge in [0.2, 0.25) is 0 Å². The molecule has 0 atom stereocenters. The molecule has 0 unspecified atom stereocenters. The van der Waals surface area contributed by atoms with Crippen LogP contribution < -0.4 is 10.2 Å². The first-order valence-electron chi connectivity index (χ1n) is 10.8. The van der Waals surface area contributed by atoms with Crippen molar-refractivity contribution >= 4 is 35.1 Å². The van der Waals surface area contributed by atoms with Gasteiger partial charge >= 0.3 is 0 Å². The van der Waals surface area contributed by atoms with E-state index in [2.05, 4.69) is 25.1 Å². The van der Waals surface area contributed by atoms with Gasteiger partial charge in [0.25, 0.3) is 5.91 Å². The zero-order valence-corrected chi connectivity index (χ0v) is 19.1. The van der Waals surface area contributed by atoms with Crippen LogP contribution in [0.15, 0.2) is 35.5 Å². The minimum Gasteiger partial charge on any atom is -0.379 e. The van der Waals surface area contributed by atoms with Crippen molar-refractivity contribution in [1.82, 2.24) is 20.2 Å². The van der Waals surface area contributed by atoms with Gasteiger partial charge in [0.05, 0.1) is 13.2 Å². The molecule has 2 aromatic rings. The number of halogens is 1. The number of amides is 1. The number of thioether (sulfide) groups is 1. The van der Waals surface area contributed by atoms with Crippen molar-refractivity contribution in [3.05, 3.63) is 46.6 Å². The van der Waals surface area contributed by atoms with Crippen LogP contribution in [0.3, 0.4) is 0 Å². The topological polar surface area (TPSA) is 70.6 Å². The van der Waals surface area contributed by atoms with E-state index in [0.717, 1.165) is 63.1 Å². The molecule has 3 heterocycles. The lowest BCUT2D eigenvalue weighted by molar-refractivity contribution is 0.0383. The Balaban J connectivity index is 1.26. The van der Waals surface area contributed by atoms with E-state index in [1.807, 2.05) is 30.3 Å².